The number of carbonyl (C=O) groups excluding carboxylic acids is 1. The van der Waals surface area contributed by atoms with E-state index in [4.69, 9.17) is 5.73 Å². The molecule has 6 nitrogen and oxygen atoms in total. The molecule has 1 aliphatic rings. The van der Waals surface area contributed by atoms with Crippen LogP contribution in [0.3, 0.4) is 0 Å². The summed E-state index contributed by atoms with van der Waals surface area (Å²) in [7, 11) is 0. The van der Waals surface area contributed by atoms with Crippen LogP contribution in [-0.2, 0) is 0 Å². The Hall–Kier alpha value is -2.45. The van der Waals surface area contributed by atoms with Gasteiger partial charge in [0.05, 0.1) is 5.52 Å². The number of thiol groups is 1. The topological polar surface area (TPSA) is 131 Å². The lowest BCUT2D eigenvalue weighted by Gasteiger charge is -2.15. The minimum atomic E-state index is -0.156. The zero-order chi connectivity index (χ0) is 19.1. The first kappa shape index (κ1) is 24.6. The van der Waals surface area contributed by atoms with Crippen molar-refractivity contribution in [2.75, 3.05) is 5.32 Å². The average molecular weight is 420 g/mol. The molecule has 0 unspecified atom stereocenters. The fourth-order valence-corrected chi connectivity index (χ4v) is 3.35. The first-order valence-electron chi connectivity index (χ1n) is 9.32. The molecule has 4 rings (SSSR count). The summed E-state index contributed by atoms with van der Waals surface area (Å²) >= 11 is 4.25. The van der Waals surface area contributed by atoms with Crippen LogP contribution in [0.4, 0.5) is 5.69 Å². The third-order valence-electron chi connectivity index (χ3n) is 4.62. The first-order chi connectivity index (χ1) is 13.1. The maximum Gasteiger partial charge on any atom is 0.255 e. The van der Waals surface area contributed by atoms with Gasteiger partial charge in [0.15, 0.2) is 0 Å². The molecule has 1 fully saturated rings. The first-order valence-corrected chi connectivity index (χ1v) is 9.77. The highest BCUT2D eigenvalue weighted by Crippen LogP contribution is 2.17. The van der Waals surface area contributed by atoms with Gasteiger partial charge in [-0.15, -0.1) is 12.6 Å². The van der Waals surface area contributed by atoms with E-state index in [2.05, 4.69) is 22.9 Å². The highest BCUT2D eigenvalue weighted by Gasteiger charge is 2.07. The predicted molar refractivity (Wildman–Crippen MR) is 126 cm³/mol. The minimum Gasteiger partial charge on any atom is -0.412 e. The summed E-state index contributed by atoms with van der Waals surface area (Å²) in [6.45, 7) is 0. The van der Waals surface area contributed by atoms with E-state index in [0.717, 1.165) is 21.5 Å². The van der Waals surface area contributed by atoms with Gasteiger partial charge in [-0.3, -0.25) is 9.78 Å². The molecule has 29 heavy (non-hydrogen) atoms. The molecule has 160 valence electrons. The second-order valence-electron chi connectivity index (χ2n) is 6.81. The number of nitrogens with one attached hydrogen (secondary N) is 1. The summed E-state index contributed by atoms with van der Waals surface area (Å²) in [6, 6.07) is 17.2. The zero-order valence-electron chi connectivity index (χ0n) is 16.3. The maximum atomic E-state index is 12.2. The number of hydrogen-bond acceptors (Lipinski definition) is 4. The van der Waals surface area contributed by atoms with Crippen molar-refractivity contribution in [3.63, 3.8) is 0 Å². The number of pyridine rings is 1. The largest absolute Gasteiger partial charge is 0.412 e. The van der Waals surface area contributed by atoms with Gasteiger partial charge in [-0.2, -0.15) is 0 Å². The van der Waals surface area contributed by atoms with Gasteiger partial charge in [-0.1, -0.05) is 37.5 Å². The second kappa shape index (κ2) is 12.2. The molecule has 0 radical (unpaired) electrons. The zero-order valence-corrected chi connectivity index (χ0v) is 17.2. The van der Waals surface area contributed by atoms with Gasteiger partial charge in [0.2, 0.25) is 0 Å². The van der Waals surface area contributed by atoms with Crippen molar-refractivity contribution in [2.45, 2.75) is 43.0 Å². The van der Waals surface area contributed by atoms with Crippen molar-refractivity contribution in [1.29, 1.82) is 0 Å². The molecule has 0 aliphatic heterocycles. The van der Waals surface area contributed by atoms with E-state index < -0.39 is 0 Å². The molecule has 7 N–H and O–H groups in total. The lowest BCUT2D eigenvalue weighted by atomic mass is 9.97. The standard InChI is InChI=1S/C16H12N2OS.C6H13N.2H2O.2H2/c19-16(18-13-4-1-5-14(20)10-13)12-7-6-11-3-2-8-17-15(11)9-12;7-6-4-2-1-3-5-6;;;;/h1-10,20H,(H,18,19);6H,1-5,7H2;2*1H2;2*1H. The van der Waals surface area contributed by atoms with Gasteiger partial charge in [0, 0.05) is 36.6 Å². The lowest BCUT2D eigenvalue weighted by molar-refractivity contribution is 0.102. The fourth-order valence-electron chi connectivity index (χ4n) is 3.13. The van der Waals surface area contributed by atoms with Crippen LogP contribution in [0, 0.1) is 0 Å². The lowest BCUT2D eigenvalue weighted by Crippen LogP contribution is -2.22. The number of anilines is 1. The third kappa shape index (κ3) is 7.47. The quantitative estimate of drug-likeness (QED) is 0.544. The monoisotopic (exact) mass is 419 g/mol. The summed E-state index contributed by atoms with van der Waals surface area (Å²) in [5.74, 6) is -0.156. The number of nitrogens with two attached hydrogens (primary N) is 1. The Balaban J connectivity index is 0. The summed E-state index contributed by atoms with van der Waals surface area (Å²) < 4.78 is 0. The number of hydrogen-bond donors (Lipinski definition) is 3. The second-order valence-corrected chi connectivity index (χ2v) is 7.33. The predicted octanol–water partition coefficient (Wildman–Crippen LogP) is 3.90. The van der Waals surface area contributed by atoms with Crippen LogP contribution in [0.15, 0.2) is 65.7 Å². The summed E-state index contributed by atoms with van der Waals surface area (Å²) in [5, 5.41) is 3.86. The number of fused-ring (bicyclic) bond motifs is 1. The number of aromatic nitrogens is 1. The third-order valence-corrected chi connectivity index (χ3v) is 4.90. The molecular formula is C22H33N3O3S. The SMILES string of the molecule is NC1CCCCC1.O.O.O=C(Nc1cccc(S)c1)c1ccc2cccnc2c1.[HH].[HH]. The van der Waals surface area contributed by atoms with Gasteiger partial charge < -0.3 is 22.0 Å². The summed E-state index contributed by atoms with van der Waals surface area (Å²) in [5.41, 5.74) is 7.75. The molecule has 1 saturated carbocycles. The summed E-state index contributed by atoms with van der Waals surface area (Å²) in [6.07, 6.45) is 8.38. The minimum absolute atomic E-state index is 0. The van der Waals surface area contributed by atoms with Gasteiger partial charge >= 0.3 is 0 Å². The Morgan fingerprint density at radius 1 is 1.03 bits per heavy atom. The van der Waals surface area contributed by atoms with Crippen LogP contribution in [-0.4, -0.2) is 27.9 Å². The number of nitrogens with zero attached hydrogens (tertiary/aromatic N) is 1. The van der Waals surface area contributed by atoms with Crippen molar-refractivity contribution in [1.82, 2.24) is 4.98 Å². The van der Waals surface area contributed by atoms with E-state index in [1.807, 2.05) is 36.4 Å². The van der Waals surface area contributed by atoms with Crippen molar-refractivity contribution in [3.8, 4) is 0 Å². The molecule has 1 aliphatic carbocycles. The Bertz CT molecular complexity index is 925. The van der Waals surface area contributed by atoms with Crippen LogP contribution >= 0.6 is 12.6 Å². The normalized spacial score (nSPS) is 13.3. The molecule has 1 amide bonds. The van der Waals surface area contributed by atoms with Gasteiger partial charge in [-0.05, 0) is 49.2 Å². The molecule has 3 aromatic rings. The summed E-state index contributed by atoms with van der Waals surface area (Å²) in [4.78, 5) is 17.3. The van der Waals surface area contributed by atoms with Crippen LogP contribution < -0.4 is 11.1 Å². The number of amides is 1. The smallest absolute Gasteiger partial charge is 0.255 e. The van der Waals surface area contributed by atoms with Crippen LogP contribution in [0.1, 0.15) is 45.3 Å². The van der Waals surface area contributed by atoms with Crippen molar-refractivity contribution < 1.29 is 18.6 Å². The van der Waals surface area contributed by atoms with Gasteiger partial charge in [0.1, 0.15) is 0 Å². The molecule has 1 aromatic heterocycles. The van der Waals surface area contributed by atoms with Crippen molar-refractivity contribution in [2.24, 2.45) is 5.73 Å². The molecule has 1 heterocycles. The van der Waals surface area contributed by atoms with Crippen LogP contribution in [0.2, 0.25) is 0 Å². The fraction of sp³-hybridized carbons (Fsp3) is 0.273. The van der Waals surface area contributed by atoms with Crippen LogP contribution in [0.5, 0.6) is 0 Å². The molecule has 0 atom stereocenters. The van der Waals surface area contributed by atoms with Crippen molar-refractivity contribution in [3.05, 3.63) is 66.4 Å². The highest BCUT2D eigenvalue weighted by atomic mass is 32.1. The molecule has 0 spiro atoms. The average Bonchev–Trinajstić information content (AvgIpc) is 2.69. The van der Waals surface area contributed by atoms with E-state index in [1.54, 1.807) is 24.4 Å². The van der Waals surface area contributed by atoms with Crippen molar-refractivity contribution >= 4 is 35.1 Å². The Morgan fingerprint density at radius 2 is 1.79 bits per heavy atom. The molecular weight excluding hydrogens is 386 g/mol. The van der Waals surface area contributed by atoms with E-state index in [1.165, 1.54) is 32.1 Å². The van der Waals surface area contributed by atoms with E-state index in [-0.39, 0.29) is 19.7 Å². The molecule has 2 aromatic carbocycles. The van der Waals surface area contributed by atoms with E-state index in [0.29, 0.717) is 11.6 Å². The van der Waals surface area contributed by atoms with E-state index >= 15 is 0 Å². The van der Waals surface area contributed by atoms with Gasteiger partial charge in [0.25, 0.3) is 5.91 Å². The van der Waals surface area contributed by atoms with E-state index in [9.17, 15) is 4.79 Å². The molecule has 7 heteroatoms. The maximum absolute atomic E-state index is 12.2. The number of carbonyl (C=O) groups is 1. The Labute approximate surface area is 179 Å². The molecule has 0 saturated heterocycles. The number of benzene rings is 2. The van der Waals surface area contributed by atoms with Gasteiger partial charge in [-0.25, -0.2) is 0 Å². The Morgan fingerprint density at radius 3 is 2.45 bits per heavy atom. The molecule has 0 bridgehead atoms. The van der Waals surface area contributed by atoms with Crippen LogP contribution in [0.25, 0.3) is 10.9 Å². The highest BCUT2D eigenvalue weighted by molar-refractivity contribution is 7.80. The Kier molecular flexibility index (Phi) is 10.3. The number of rotatable bonds is 2.